The summed E-state index contributed by atoms with van der Waals surface area (Å²) in [6.07, 6.45) is 3.32. The first-order valence-electron chi connectivity index (χ1n) is 7.71. The first-order chi connectivity index (χ1) is 11.4. The smallest absolute Gasteiger partial charge is 0.333 e. The molecule has 1 atom stereocenters. The monoisotopic (exact) mass is 332 g/mol. The van der Waals surface area contributed by atoms with E-state index in [1.807, 2.05) is 0 Å². The van der Waals surface area contributed by atoms with Crippen molar-refractivity contribution in [2.75, 3.05) is 0 Å². The number of aryl methyl sites for hydroxylation is 1. The largest absolute Gasteiger partial charge is 0.479 e. The van der Waals surface area contributed by atoms with Gasteiger partial charge in [-0.05, 0) is 43.9 Å². The molecule has 1 aromatic carbocycles. The van der Waals surface area contributed by atoms with Crippen LogP contribution in [0.3, 0.4) is 0 Å². The molecule has 0 spiro atoms. The minimum Gasteiger partial charge on any atom is -0.479 e. The number of carbonyl (C=O) groups is 2. The summed E-state index contributed by atoms with van der Waals surface area (Å²) >= 11 is 0. The number of amides is 1. The summed E-state index contributed by atoms with van der Waals surface area (Å²) < 4.78 is 18.3. The van der Waals surface area contributed by atoms with Gasteiger partial charge in [0.15, 0.2) is 11.2 Å². The summed E-state index contributed by atoms with van der Waals surface area (Å²) in [7, 11) is 0. The minimum atomic E-state index is -1.70. The summed E-state index contributed by atoms with van der Waals surface area (Å²) in [4.78, 5) is 24.3. The van der Waals surface area contributed by atoms with E-state index in [0.717, 1.165) is 37.0 Å². The molecule has 0 aliphatic heterocycles. The molecule has 1 unspecified atom stereocenters. The number of aliphatic carboxylic acids is 1. The number of nitrogens with one attached hydrogen (secondary N) is 1. The fraction of sp³-hybridized carbons (Fsp3) is 0.353. The van der Waals surface area contributed by atoms with Gasteiger partial charge in [0.05, 0.1) is 0 Å². The summed E-state index contributed by atoms with van der Waals surface area (Å²) in [5, 5.41) is 15.9. The van der Waals surface area contributed by atoms with Crippen LogP contribution in [0.25, 0.3) is 0 Å². The molecule has 3 rings (SSSR count). The average molecular weight is 332 g/mol. The third-order valence-corrected chi connectivity index (χ3v) is 4.38. The van der Waals surface area contributed by atoms with Crippen molar-refractivity contribution in [3.63, 3.8) is 0 Å². The lowest BCUT2D eigenvalue weighted by molar-refractivity contribution is -0.144. The second kappa shape index (κ2) is 6.07. The van der Waals surface area contributed by atoms with Crippen LogP contribution >= 0.6 is 0 Å². The summed E-state index contributed by atoms with van der Waals surface area (Å²) in [6.45, 7) is 1.35. The summed E-state index contributed by atoms with van der Waals surface area (Å²) in [5.74, 6) is -1.66. The average Bonchev–Trinajstić information content (AvgIpc) is 2.99. The van der Waals surface area contributed by atoms with Gasteiger partial charge in [0.2, 0.25) is 0 Å². The molecule has 2 aromatic rings. The van der Waals surface area contributed by atoms with Gasteiger partial charge in [-0.15, -0.1) is 0 Å². The minimum absolute atomic E-state index is 0.124. The lowest BCUT2D eigenvalue weighted by Crippen LogP contribution is -2.49. The van der Waals surface area contributed by atoms with Crippen molar-refractivity contribution in [2.24, 2.45) is 0 Å². The maximum atomic E-state index is 13.1. The molecule has 0 bridgehead atoms. The molecule has 2 N–H and O–H groups in total. The van der Waals surface area contributed by atoms with Gasteiger partial charge in [0.1, 0.15) is 11.6 Å². The number of hydrogen-bond acceptors (Lipinski definition) is 4. The third-order valence-electron chi connectivity index (χ3n) is 4.38. The lowest BCUT2D eigenvalue weighted by Gasteiger charge is -2.26. The molecule has 0 fully saturated rings. The predicted octanol–water partition coefficient (Wildman–Crippen LogP) is 2.42. The Labute approximate surface area is 137 Å². The lowest BCUT2D eigenvalue weighted by atomic mass is 9.91. The van der Waals surface area contributed by atoms with Crippen LogP contribution in [0.4, 0.5) is 4.39 Å². The van der Waals surface area contributed by atoms with E-state index in [1.54, 1.807) is 0 Å². The number of carboxylic acids is 1. The molecule has 1 aliphatic carbocycles. The SMILES string of the molecule is CC(NC(=O)c1noc2c1CCCC2)(C(=O)O)c1ccc(F)cc1. The standard InChI is InChI=1S/C17H17FN2O4/c1-17(16(22)23,10-6-8-11(18)9-7-10)19-15(21)14-12-4-2-3-5-13(12)24-20-14/h6-9H,2-5H2,1H3,(H,19,21)(H,22,23). The van der Waals surface area contributed by atoms with Gasteiger partial charge < -0.3 is 14.9 Å². The molecular formula is C17H17FN2O4. The molecule has 7 heteroatoms. The van der Waals surface area contributed by atoms with Gasteiger partial charge in [-0.1, -0.05) is 17.3 Å². The van der Waals surface area contributed by atoms with E-state index in [9.17, 15) is 19.1 Å². The van der Waals surface area contributed by atoms with Crippen LogP contribution in [0.5, 0.6) is 0 Å². The van der Waals surface area contributed by atoms with E-state index < -0.39 is 23.2 Å². The fourth-order valence-corrected chi connectivity index (χ4v) is 2.88. The number of rotatable bonds is 4. The van der Waals surface area contributed by atoms with Crippen LogP contribution in [0.1, 0.15) is 47.1 Å². The number of carboxylic acid groups (broad SMARTS) is 1. The van der Waals surface area contributed by atoms with Crippen LogP contribution in [0, 0.1) is 5.82 Å². The molecule has 1 amide bonds. The van der Waals surface area contributed by atoms with Crippen LogP contribution in [0.2, 0.25) is 0 Å². The maximum Gasteiger partial charge on any atom is 0.333 e. The van der Waals surface area contributed by atoms with E-state index in [-0.39, 0.29) is 11.3 Å². The van der Waals surface area contributed by atoms with E-state index in [0.29, 0.717) is 12.2 Å². The Kier molecular flexibility index (Phi) is 4.09. The van der Waals surface area contributed by atoms with Gasteiger partial charge in [-0.3, -0.25) is 4.79 Å². The van der Waals surface area contributed by atoms with E-state index in [4.69, 9.17) is 4.52 Å². The Morgan fingerprint density at radius 2 is 1.92 bits per heavy atom. The van der Waals surface area contributed by atoms with Crippen molar-refractivity contribution in [2.45, 2.75) is 38.1 Å². The van der Waals surface area contributed by atoms with E-state index >= 15 is 0 Å². The number of fused-ring (bicyclic) bond motifs is 1. The molecule has 126 valence electrons. The van der Waals surface area contributed by atoms with Gasteiger partial charge >= 0.3 is 5.97 Å². The highest BCUT2D eigenvalue weighted by molar-refractivity contribution is 5.97. The first kappa shape index (κ1) is 16.2. The third kappa shape index (κ3) is 2.77. The van der Waals surface area contributed by atoms with Gasteiger partial charge in [-0.2, -0.15) is 0 Å². The highest BCUT2D eigenvalue weighted by Crippen LogP contribution is 2.26. The van der Waals surface area contributed by atoms with Gasteiger partial charge in [-0.25, -0.2) is 9.18 Å². The normalized spacial score (nSPS) is 16.1. The number of aromatic nitrogens is 1. The molecule has 1 aromatic heterocycles. The Morgan fingerprint density at radius 3 is 2.58 bits per heavy atom. The van der Waals surface area contributed by atoms with Crippen molar-refractivity contribution in [3.8, 4) is 0 Å². The zero-order chi connectivity index (χ0) is 17.3. The van der Waals surface area contributed by atoms with Gasteiger partial charge in [0.25, 0.3) is 5.91 Å². The molecule has 24 heavy (non-hydrogen) atoms. The Morgan fingerprint density at radius 1 is 1.25 bits per heavy atom. The second-order valence-corrected chi connectivity index (χ2v) is 6.03. The van der Waals surface area contributed by atoms with Crippen LogP contribution in [-0.4, -0.2) is 22.1 Å². The zero-order valence-electron chi connectivity index (χ0n) is 13.1. The van der Waals surface area contributed by atoms with Crippen molar-refractivity contribution in [1.82, 2.24) is 10.5 Å². The highest BCUT2D eigenvalue weighted by Gasteiger charge is 2.38. The molecule has 6 nitrogen and oxygen atoms in total. The van der Waals surface area contributed by atoms with Crippen molar-refractivity contribution < 1.29 is 23.6 Å². The van der Waals surface area contributed by atoms with E-state index in [1.165, 1.54) is 19.1 Å². The van der Waals surface area contributed by atoms with Crippen molar-refractivity contribution in [1.29, 1.82) is 0 Å². The Bertz CT molecular complexity index is 784. The Hall–Kier alpha value is -2.70. The van der Waals surface area contributed by atoms with Crippen LogP contribution in [-0.2, 0) is 23.2 Å². The quantitative estimate of drug-likeness (QED) is 0.897. The topological polar surface area (TPSA) is 92.4 Å². The number of benzene rings is 1. The maximum absolute atomic E-state index is 13.1. The van der Waals surface area contributed by atoms with Crippen LogP contribution < -0.4 is 5.32 Å². The fourth-order valence-electron chi connectivity index (χ4n) is 2.88. The van der Waals surface area contributed by atoms with Gasteiger partial charge in [0, 0.05) is 12.0 Å². The number of hydrogen-bond donors (Lipinski definition) is 2. The van der Waals surface area contributed by atoms with Crippen LogP contribution in [0.15, 0.2) is 28.8 Å². The van der Waals surface area contributed by atoms with Crippen molar-refractivity contribution in [3.05, 3.63) is 52.7 Å². The molecule has 0 saturated carbocycles. The zero-order valence-corrected chi connectivity index (χ0v) is 13.1. The number of nitrogens with zero attached hydrogens (tertiary/aromatic N) is 1. The molecular weight excluding hydrogens is 315 g/mol. The highest BCUT2D eigenvalue weighted by atomic mass is 19.1. The molecule has 0 radical (unpaired) electrons. The summed E-state index contributed by atoms with van der Waals surface area (Å²) in [6, 6.07) is 4.98. The second-order valence-electron chi connectivity index (χ2n) is 6.03. The predicted molar refractivity (Wildman–Crippen MR) is 82.0 cm³/mol. The molecule has 0 saturated heterocycles. The Balaban J connectivity index is 1.91. The van der Waals surface area contributed by atoms with Crippen molar-refractivity contribution >= 4 is 11.9 Å². The number of halogens is 1. The van der Waals surface area contributed by atoms with E-state index in [2.05, 4.69) is 10.5 Å². The molecule has 1 aliphatic rings. The molecule has 1 heterocycles. The summed E-state index contributed by atoms with van der Waals surface area (Å²) in [5.41, 5.74) is -0.572. The number of carbonyl (C=O) groups excluding carboxylic acids is 1. The first-order valence-corrected chi connectivity index (χ1v) is 7.71.